The Morgan fingerprint density at radius 1 is 1.00 bits per heavy atom. The fourth-order valence-electron chi connectivity index (χ4n) is 0. The Balaban J connectivity index is -0.00000000990. The van der Waals surface area contributed by atoms with E-state index in [0.29, 0.717) is 13.6 Å². The van der Waals surface area contributed by atoms with Crippen molar-refractivity contribution < 1.29 is 8.78 Å². The summed E-state index contributed by atoms with van der Waals surface area (Å²) in [4.78, 5) is 0. The van der Waals surface area contributed by atoms with Gasteiger partial charge in [0, 0.05) is 0 Å². The lowest BCUT2D eigenvalue weighted by atomic mass is 10.6. The number of hydrogen-bond donors (Lipinski definition) is 0. The molecule has 0 fully saturated rings. The van der Waals surface area contributed by atoms with E-state index in [4.69, 9.17) is 0 Å². The zero-order valence-corrected chi connectivity index (χ0v) is 4.17. The Labute approximate surface area is 59.3 Å². The van der Waals surface area contributed by atoms with Crippen LogP contribution in [0.15, 0.2) is 0 Å². The van der Waals surface area contributed by atoms with Gasteiger partial charge < -0.3 is 0 Å². The van der Waals surface area contributed by atoms with Crippen molar-refractivity contribution in [3.05, 3.63) is 0 Å². The minimum absolute atomic E-state index is 0. The van der Waals surface area contributed by atoms with Crippen molar-refractivity contribution in [1.29, 1.82) is 0 Å². The topological polar surface area (TPSA) is 0 Å². The fraction of sp³-hybridized carbons (Fsp3) is 1.00. The predicted molar refractivity (Wildman–Crippen MR) is 43.5 cm³/mol. The highest BCUT2D eigenvalue weighted by Gasteiger charge is 1.60. The molecule has 0 aliphatic heterocycles. The standard InChI is InChI=1S/C3H7F.CH3F.3CH4/c1-2-3-4;1-2;;;/h2-3H2,1H3;1H3;3*1H4. The van der Waals surface area contributed by atoms with Gasteiger partial charge in [-0.15, -0.1) is 0 Å². The molecular formula is C7H22F2. The number of rotatable bonds is 1. The molecule has 0 aromatic rings. The molecule has 0 radical (unpaired) electrons. The molecule has 0 saturated carbocycles. The number of alkyl halides is 2. The summed E-state index contributed by atoms with van der Waals surface area (Å²) in [6.07, 6.45) is 0.653. The molecule has 0 aromatic carbocycles. The molecular weight excluding hydrogens is 122 g/mol. The third-order valence-electron chi connectivity index (χ3n) is 0.189. The monoisotopic (exact) mass is 144 g/mol. The molecule has 0 rings (SSSR count). The molecule has 0 atom stereocenters. The highest BCUT2D eigenvalue weighted by atomic mass is 19.1. The van der Waals surface area contributed by atoms with E-state index in [1.165, 1.54) is 0 Å². The molecule has 0 N–H and O–H groups in total. The van der Waals surface area contributed by atoms with E-state index in [1.807, 2.05) is 0 Å². The Hall–Kier alpha value is -0.140. The molecule has 0 amide bonds. The van der Waals surface area contributed by atoms with Crippen LogP contribution in [-0.2, 0) is 0 Å². The predicted octanol–water partition coefficient (Wildman–Crippen LogP) is 3.86. The Morgan fingerprint density at radius 2 is 1.11 bits per heavy atom. The van der Waals surface area contributed by atoms with Gasteiger partial charge in [-0.1, -0.05) is 29.2 Å². The molecule has 0 nitrogen and oxygen atoms in total. The van der Waals surface area contributed by atoms with E-state index in [1.54, 1.807) is 6.92 Å². The van der Waals surface area contributed by atoms with Gasteiger partial charge in [-0.3, -0.25) is 8.78 Å². The summed E-state index contributed by atoms with van der Waals surface area (Å²) < 4.78 is 20.2. The van der Waals surface area contributed by atoms with Crippen molar-refractivity contribution in [3.8, 4) is 0 Å². The molecule has 2 heteroatoms. The average Bonchev–Trinajstić information content (AvgIpc) is 1.72. The van der Waals surface area contributed by atoms with Crippen molar-refractivity contribution in [3.63, 3.8) is 0 Å². The highest BCUT2D eigenvalue weighted by molar-refractivity contribution is 4.11. The summed E-state index contributed by atoms with van der Waals surface area (Å²) in [6, 6.07) is 0. The van der Waals surface area contributed by atoms with Gasteiger partial charge in [-0.2, -0.15) is 0 Å². The highest BCUT2D eigenvalue weighted by Crippen LogP contribution is 1.69. The first-order valence-electron chi connectivity index (χ1n) is 1.85. The zero-order valence-electron chi connectivity index (χ0n) is 4.17. The van der Waals surface area contributed by atoms with Crippen LogP contribution in [0, 0.1) is 0 Å². The number of hydrogen-bond acceptors (Lipinski definition) is 0. The summed E-state index contributed by atoms with van der Waals surface area (Å²) in [5, 5.41) is 0. The number of halogens is 2. The summed E-state index contributed by atoms with van der Waals surface area (Å²) in [7, 11) is 0.500. The third kappa shape index (κ3) is 365. The van der Waals surface area contributed by atoms with E-state index in [0.717, 1.165) is 0 Å². The second-order valence-corrected chi connectivity index (χ2v) is 0.689. The third-order valence-corrected chi connectivity index (χ3v) is 0.189. The first-order valence-corrected chi connectivity index (χ1v) is 1.85. The molecule has 64 valence electrons. The lowest BCUT2D eigenvalue weighted by molar-refractivity contribution is 0.487. The quantitative estimate of drug-likeness (QED) is 0.524. The van der Waals surface area contributed by atoms with Gasteiger partial charge in [0.2, 0.25) is 0 Å². The van der Waals surface area contributed by atoms with E-state index in [-0.39, 0.29) is 29.0 Å². The Morgan fingerprint density at radius 3 is 1.11 bits per heavy atom. The summed E-state index contributed by atoms with van der Waals surface area (Å²) in [5.74, 6) is 0. The largest absolute Gasteiger partial charge is 0.255 e. The van der Waals surface area contributed by atoms with E-state index in [2.05, 4.69) is 0 Å². The average molecular weight is 144 g/mol. The van der Waals surface area contributed by atoms with Gasteiger partial charge in [0.25, 0.3) is 0 Å². The van der Waals surface area contributed by atoms with Gasteiger partial charge in [0.15, 0.2) is 0 Å². The fourth-order valence-corrected chi connectivity index (χ4v) is 0. The Bertz CT molecular complexity index is 8.88. The minimum Gasteiger partial charge on any atom is -0.255 e. The normalized spacial score (nSPS) is 4.00. The maximum Gasteiger partial charge on any atom is 0.0891 e. The summed E-state index contributed by atoms with van der Waals surface area (Å²) in [5.41, 5.74) is 0. The molecule has 0 spiro atoms. The van der Waals surface area contributed by atoms with Gasteiger partial charge >= 0.3 is 0 Å². The van der Waals surface area contributed by atoms with Crippen LogP contribution in [0.4, 0.5) is 8.78 Å². The summed E-state index contributed by atoms with van der Waals surface area (Å²) in [6.45, 7) is 1.62. The lowest BCUT2D eigenvalue weighted by Gasteiger charge is -1.64. The molecule has 0 aliphatic carbocycles. The second-order valence-electron chi connectivity index (χ2n) is 0.689. The molecule has 0 unspecified atom stereocenters. The molecule has 0 aliphatic rings. The molecule has 0 saturated heterocycles. The van der Waals surface area contributed by atoms with Crippen LogP contribution >= 0.6 is 0 Å². The van der Waals surface area contributed by atoms with Crippen LogP contribution in [-0.4, -0.2) is 13.9 Å². The molecule has 0 aromatic heterocycles. The van der Waals surface area contributed by atoms with Gasteiger partial charge in [-0.25, -0.2) is 0 Å². The molecule has 0 bridgehead atoms. The van der Waals surface area contributed by atoms with Crippen LogP contribution < -0.4 is 0 Å². The first kappa shape index (κ1) is 36.7. The maximum absolute atomic E-state index is 10.7. The maximum atomic E-state index is 10.7. The SMILES string of the molecule is C.C.C.CCCF.CF. The summed E-state index contributed by atoms with van der Waals surface area (Å²) >= 11 is 0. The molecule has 9 heavy (non-hydrogen) atoms. The van der Waals surface area contributed by atoms with Crippen molar-refractivity contribution >= 4 is 0 Å². The van der Waals surface area contributed by atoms with Crippen molar-refractivity contribution in [2.24, 2.45) is 0 Å². The van der Waals surface area contributed by atoms with Crippen LogP contribution in [0.2, 0.25) is 0 Å². The van der Waals surface area contributed by atoms with Crippen molar-refractivity contribution in [2.45, 2.75) is 35.6 Å². The van der Waals surface area contributed by atoms with E-state index in [9.17, 15) is 8.78 Å². The van der Waals surface area contributed by atoms with Crippen molar-refractivity contribution in [2.75, 3.05) is 13.9 Å². The van der Waals surface area contributed by atoms with Crippen LogP contribution in [0.3, 0.4) is 0 Å². The Kier molecular flexibility index (Phi) is 436. The first-order chi connectivity index (χ1) is 2.91. The van der Waals surface area contributed by atoms with Crippen LogP contribution in [0.25, 0.3) is 0 Å². The van der Waals surface area contributed by atoms with E-state index >= 15 is 0 Å². The van der Waals surface area contributed by atoms with Gasteiger partial charge in [-0.05, 0) is 6.42 Å². The van der Waals surface area contributed by atoms with Crippen LogP contribution in [0.5, 0.6) is 0 Å². The minimum atomic E-state index is -0.181. The van der Waals surface area contributed by atoms with Crippen molar-refractivity contribution in [1.82, 2.24) is 0 Å². The second kappa shape index (κ2) is 107. The van der Waals surface area contributed by atoms with Gasteiger partial charge in [0.1, 0.15) is 0 Å². The lowest BCUT2D eigenvalue weighted by Crippen LogP contribution is -1.58. The zero-order chi connectivity index (χ0) is 5.41. The molecule has 0 heterocycles. The van der Waals surface area contributed by atoms with Crippen LogP contribution in [0.1, 0.15) is 35.6 Å². The smallest absolute Gasteiger partial charge is 0.0891 e. The van der Waals surface area contributed by atoms with Gasteiger partial charge in [0.05, 0.1) is 13.9 Å². The van der Waals surface area contributed by atoms with E-state index < -0.39 is 0 Å².